The highest BCUT2D eigenvalue weighted by molar-refractivity contribution is 7.99. The molecule has 1 aromatic rings. The van der Waals surface area contributed by atoms with Gasteiger partial charge in [-0.15, -0.1) is 0 Å². The number of carbonyl (C=O) groups is 1. The van der Waals surface area contributed by atoms with Crippen LogP contribution in [0.2, 0.25) is 0 Å². The molecule has 1 aliphatic heterocycles. The first-order valence-corrected chi connectivity index (χ1v) is 9.39. The van der Waals surface area contributed by atoms with Gasteiger partial charge in [-0.3, -0.25) is 4.79 Å². The van der Waals surface area contributed by atoms with E-state index in [9.17, 15) is 9.90 Å². The number of carbonyl (C=O) groups excluding carboxylic acids is 1. The molecule has 0 aromatic carbocycles. The van der Waals surface area contributed by atoms with Crippen LogP contribution < -0.4 is 0 Å². The molecule has 22 heavy (non-hydrogen) atoms. The molecule has 0 radical (unpaired) electrons. The molecule has 5 heteroatoms. The number of furan rings is 1. The average molecular weight is 323 g/mol. The topological polar surface area (TPSA) is 53.7 Å². The summed E-state index contributed by atoms with van der Waals surface area (Å²) >= 11 is 1.86. The molecule has 0 bridgehead atoms. The molecule has 1 saturated carbocycles. The fraction of sp³-hybridized carbons (Fsp3) is 0.706. The van der Waals surface area contributed by atoms with Gasteiger partial charge in [-0.25, -0.2) is 0 Å². The predicted molar refractivity (Wildman–Crippen MR) is 87.9 cm³/mol. The lowest BCUT2D eigenvalue weighted by molar-refractivity contribution is -0.140. The van der Waals surface area contributed by atoms with Crippen molar-refractivity contribution in [2.75, 3.05) is 18.1 Å². The minimum Gasteiger partial charge on any atom is -0.464 e. The predicted octanol–water partition coefficient (Wildman–Crippen LogP) is 3.29. The minimum absolute atomic E-state index is 0.00661. The van der Waals surface area contributed by atoms with E-state index in [0.29, 0.717) is 0 Å². The SMILES string of the molecule is Cc1ccc(C2CSCCN2C(=O)CC2(O)CCCCC2)o1. The monoisotopic (exact) mass is 323 g/mol. The van der Waals surface area contributed by atoms with Crippen molar-refractivity contribution in [1.82, 2.24) is 4.90 Å². The lowest BCUT2D eigenvalue weighted by Crippen LogP contribution is -2.45. The third-order valence-corrected chi connectivity index (χ3v) is 5.83. The Balaban J connectivity index is 1.71. The van der Waals surface area contributed by atoms with Gasteiger partial charge in [0.15, 0.2) is 0 Å². The summed E-state index contributed by atoms with van der Waals surface area (Å²) in [5, 5.41) is 10.7. The molecule has 2 heterocycles. The lowest BCUT2D eigenvalue weighted by atomic mass is 9.82. The van der Waals surface area contributed by atoms with Crippen LogP contribution in [-0.2, 0) is 4.79 Å². The maximum absolute atomic E-state index is 12.8. The van der Waals surface area contributed by atoms with Crippen molar-refractivity contribution >= 4 is 17.7 Å². The zero-order valence-electron chi connectivity index (χ0n) is 13.2. The largest absolute Gasteiger partial charge is 0.464 e. The Bertz CT molecular complexity index is 522. The van der Waals surface area contributed by atoms with Crippen LogP contribution in [0.1, 0.15) is 56.1 Å². The van der Waals surface area contributed by atoms with Crippen LogP contribution in [-0.4, -0.2) is 39.6 Å². The lowest BCUT2D eigenvalue weighted by Gasteiger charge is -2.38. The molecule has 1 aliphatic carbocycles. The summed E-state index contributed by atoms with van der Waals surface area (Å²) in [6.45, 7) is 2.67. The molecule has 1 aromatic heterocycles. The third kappa shape index (κ3) is 3.51. The van der Waals surface area contributed by atoms with Crippen LogP contribution in [0.15, 0.2) is 16.5 Å². The van der Waals surface area contributed by atoms with Gasteiger partial charge in [0.1, 0.15) is 11.5 Å². The number of hydrogen-bond acceptors (Lipinski definition) is 4. The summed E-state index contributed by atoms with van der Waals surface area (Å²) in [5.41, 5.74) is -0.788. The van der Waals surface area contributed by atoms with Crippen molar-refractivity contribution in [3.05, 3.63) is 23.7 Å². The molecule has 1 N–H and O–H groups in total. The van der Waals surface area contributed by atoms with Gasteiger partial charge < -0.3 is 14.4 Å². The minimum atomic E-state index is -0.788. The number of rotatable bonds is 3. The molecule has 1 amide bonds. The first kappa shape index (κ1) is 15.9. The van der Waals surface area contributed by atoms with Gasteiger partial charge >= 0.3 is 0 Å². The summed E-state index contributed by atoms with van der Waals surface area (Å²) in [7, 11) is 0. The molecular weight excluding hydrogens is 298 g/mol. The Kier molecular flexibility index (Phi) is 4.83. The normalized spacial score (nSPS) is 25.2. The van der Waals surface area contributed by atoms with E-state index < -0.39 is 5.60 Å². The first-order valence-electron chi connectivity index (χ1n) is 8.23. The highest BCUT2D eigenvalue weighted by atomic mass is 32.2. The summed E-state index contributed by atoms with van der Waals surface area (Å²) in [4.78, 5) is 14.7. The van der Waals surface area contributed by atoms with Crippen LogP contribution in [0.25, 0.3) is 0 Å². The molecule has 2 aliphatic rings. The Hall–Kier alpha value is -0.940. The average Bonchev–Trinajstić information content (AvgIpc) is 2.94. The second-order valence-electron chi connectivity index (χ2n) is 6.59. The van der Waals surface area contributed by atoms with E-state index in [1.165, 1.54) is 6.42 Å². The number of thioether (sulfide) groups is 1. The first-order chi connectivity index (χ1) is 10.6. The highest BCUT2D eigenvalue weighted by Crippen LogP contribution is 2.35. The van der Waals surface area contributed by atoms with Gasteiger partial charge in [-0.2, -0.15) is 11.8 Å². The molecule has 1 unspecified atom stereocenters. The fourth-order valence-electron chi connectivity index (χ4n) is 3.54. The second kappa shape index (κ2) is 6.67. The summed E-state index contributed by atoms with van der Waals surface area (Å²) in [6, 6.07) is 3.93. The van der Waals surface area contributed by atoms with Crippen molar-refractivity contribution in [3.8, 4) is 0 Å². The van der Waals surface area contributed by atoms with E-state index in [1.54, 1.807) is 0 Å². The van der Waals surface area contributed by atoms with Gasteiger partial charge in [0.2, 0.25) is 5.91 Å². The van der Waals surface area contributed by atoms with Crippen molar-refractivity contribution < 1.29 is 14.3 Å². The Labute approximate surface area is 136 Å². The maximum Gasteiger partial charge on any atom is 0.226 e. The number of aliphatic hydroxyl groups is 1. The molecule has 1 saturated heterocycles. The number of hydrogen-bond donors (Lipinski definition) is 1. The van der Waals surface area contributed by atoms with Crippen LogP contribution >= 0.6 is 11.8 Å². The van der Waals surface area contributed by atoms with Crippen LogP contribution in [0.5, 0.6) is 0 Å². The van der Waals surface area contributed by atoms with Crippen LogP contribution in [0.3, 0.4) is 0 Å². The number of amides is 1. The quantitative estimate of drug-likeness (QED) is 0.927. The zero-order valence-corrected chi connectivity index (χ0v) is 14.0. The van der Waals surface area contributed by atoms with Crippen LogP contribution in [0, 0.1) is 6.92 Å². The number of nitrogens with zero attached hydrogens (tertiary/aromatic N) is 1. The molecule has 4 nitrogen and oxygen atoms in total. The number of aryl methyl sites for hydroxylation is 1. The van der Waals surface area contributed by atoms with E-state index in [0.717, 1.165) is 55.3 Å². The van der Waals surface area contributed by atoms with Crippen molar-refractivity contribution in [1.29, 1.82) is 0 Å². The third-order valence-electron chi connectivity index (χ3n) is 4.80. The molecule has 1 atom stereocenters. The molecule has 0 spiro atoms. The van der Waals surface area contributed by atoms with E-state index in [-0.39, 0.29) is 18.4 Å². The standard InChI is InChI=1S/C17H25NO3S/c1-13-5-6-15(21-13)14-12-22-10-9-18(14)16(19)11-17(20)7-3-2-4-8-17/h5-6,14,20H,2-4,7-12H2,1H3. The van der Waals surface area contributed by atoms with E-state index >= 15 is 0 Å². The van der Waals surface area contributed by atoms with E-state index in [1.807, 2.05) is 35.7 Å². The van der Waals surface area contributed by atoms with Crippen molar-refractivity contribution in [3.63, 3.8) is 0 Å². The summed E-state index contributed by atoms with van der Waals surface area (Å²) < 4.78 is 5.75. The molecule has 122 valence electrons. The molecule has 3 rings (SSSR count). The Morgan fingerprint density at radius 2 is 2.18 bits per heavy atom. The van der Waals surface area contributed by atoms with Gasteiger partial charge in [0, 0.05) is 18.1 Å². The van der Waals surface area contributed by atoms with Crippen molar-refractivity contribution in [2.24, 2.45) is 0 Å². The van der Waals surface area contributed by atoms with Gasteiger partial charge in [0.05, 0.1) is 18.1 Å². The van der Waals surface area contributed by atoms with Crippen LogP contribution in [0.4, 0.5) is 0 Å². The highest BCUT2D eigenvalue weighted by Gasteiger charge is 2.37. The van der Waals surface area contributed by atoms with Gasteiger partial charge in [-0.05, 0) is 31.9 Å². The summed E-state index contributed by atoms with van der Waals surface area (Å²) in [5.74, 6) is 3.65. The fourth-order valence-corrected chi connectivity index (χ4v) is 4.60. The Morgan fingerprint density at radius 1 is 1.41 bits per heavy atom. The summed E-state index contributed by atoms with van der Waals surface area (Å²) in [6.07, 6.45) is 5.00. The van der Waals surface area contributed by atoms with Crippen molar-refractivity contribution in [2.45, 2.75) is 57.1 Å². The zero-order chi connectivity index (χ0) is 15.6. The smallest absolute Gasteiger partial charge is 0.226 e. The van der Waals surface area contributed by atoms with Gasteiger partial charge in [0.25, 0.3) is 0 Å². The maximum atomic E-state index is 12.8. The van der Waals surface area contributed by atoms with E-state index in [2.05, 4.69) is 0 Å². The van der Waals surface area contributed by atoms with E-state index in [4.69, 9.17) is 4.42 Å². The molecule has 2 fully saturated rings. The van der Waals surface area contributed by atoms with Gasteiger partial charge in [-0.1, -0.05) is 19.3 Å². The Morgan fingerprint density at radius 3 is 2.86 bits per heavy atom. The second-order valence-corrected chi connectivity index (χ2v) is 7.74. The molecular formula is C17H25NO3S.